The van der Waals surface area contributed by atoms with E-state index in [4.69, 9.17) is 5.11 Å². The Labute approximate surface area is 109 Å². The molecular weight excluding hydrogens is 255 g/mol. The van der Waals surface area contributed by atoms with Crippen LogP contribution in [0.3, 0.4) is 0 Å². The summed E-state index contributed by atoms with van der Waals surface area (Å²) in [5.74, 6) is -0.238. The minimum Gasteiger partial charge on any atom is -0.465 e. The van der Waals surface area contributed by atoms with E-state index in [1.165, 1.54) is 17.0 Å². The first kappa shape index (κ1) is 11.8. The Morgan fingerprint density at radius 2 is 2.00 bits per heavy atom. The van der Waals surface area contributed by atoms with Crippen molar-refractivity contribution in [2.24, 2.45) is 0 Å². The molecule has 2 heterocycles. The van der Waals surface area contributed by atoms with Crippen LogP contribution >= 0.6 is 11.9 Å². The van der Waals surface area contributed by atoms with Gasteiger partial charge in [-0.2, -0.15) is 0 Å². The van der Waals surface area contributed by atoms with Crippen molar-refractivity contribution in [3.63, 3.8) is 0 Å². The van der Waals surface area contributed by atoms with Gasteiger partial charge in [-0.1, -0.05) is 0 Å². The number of rotatable bonds is 2. The maximum absolute atomic E-state index is 12.8. The van der Waals surface area contributed by atoms with Crippen LogP contribution in [-0.2, 0) is 0 Å². The number of halogens is 1. The molecule has 0 bridgehead atoms. The Bertz CT molecular complexity index is 473. The first-order valence-electron chi connectivity index (χ1n) is 5.78. The second-order valence-electron chi connectivity index (χ2n) is 4.76. The highest BCUT2D eigenvalue weighted by Gasteiger charge is 2.55. The summed E-state index contributed by atoms with van der Waals surface area (Å²) in [7, 11) is 0. The smallest absolute Gasteiger partial charge is 0.407 e. The highest BCUT2D eigenvalue weighted by molar-refractivity contribution is 7.97. The predicted molar refractivity (Wildman–Crippen MR) is 65.9 cm³/mol. The number of benzene rings is 1. The molecule has 1 N–H and O–H groups in total. The summed E-state index contributed by atoms with van der Waals surface area (Å²) in [5.41, 5.74) is 0.0114. The minimum atomic E-state index is -0.848. The average Bonchev–Trinajstić information content (AvgIpc) is 2.24. The van der Waals surface area contributed by atoms with E-state index < -0.39 is 6.09 Å². The number of hydrogen-bond donors (Lipinski definition) is 1. The number of hydrogen-bond acceptors (Lipinski definition) is 3. The van der Waals surface area contributed by atoms with Gasteiger partial charge in [-0.25, -0.2) is 13.5 Å². The summed E-state index contributed by atoms with van der Waals surface area (Å²) >= 11 is 1.58. The van der Waals surface area contributed by atoms with E-state index in [9.17, 15) is 9.18 Å². The fraction of sp³-hybridized carbons (Fsp3) is 0.417. The molecule has 2 aliphatic rings. The molecule has 2 fully saturated rings. The van der Waals surface area contributed by atoms with Gasteiger partial charge in [0.25, 0.3) is 0 Å². The van der Waals surface area contributed by atoms with E-state index >= 15 is 0 Å². The van der Waals surface area contributed by atoms with E-state index in [1.54, 1.807) is 24.1 Å². The van der Waals surface area contributed by atoms with Crippen molar-refractivity contribution < 1.29 is 14.3 Å². The Morgan fingerprint density at radius 1 is 1.33 bits per heavy atom. The Kier molecular flexibility index (Phi) is 2.71. The van der Waals surface area contributed by atoms with Gasteiger partial charge in [-0.05, 0) is 42.6 Å². The maximum Gasteiger partial charge on any atom is 0.407 e. The Hall–Kier alpha value is -1.27. The third-order valence-electron chi connectivity index (χ3n) is 3.58. The molecule has 4 nitrogen and oxygen atoms in total. The molecule has 0 saturated carbocycles. The molecule has 96 valence electrons. The summed E-state index contributed by atoms with van der Waals surface area (Å²) in [6, 6.07) is 6.39. The molecule has 6 heteroatoms. The first-order chi connectivity index (χ1) is 8.59. The van der Waals surface area contributed by atoms with E-state index in [0.29, 0.717) is 13.1 Å². The standard InChI is InChI=1S/C12H13FN2O2S/c13-9-1-3-10(4-2-9)18-15-6-5-12(15)7-14(8-12)11(16)17/h1-4H,5-8H2,(H,16,17). The SMILES string of the molecule is O=C(O)N1CC2(CCN2Sc2ccc(F)cc2)C1. The molecule has 0 unspecified atom stereocenters. The monoisotopic (exact) mass is 268 g/mol. The van der Waals surface area contributed by atoms with E-state index in [2.05, 4.69) is 4.31 Å². The molecule has 2 saturated heterocycles. The number of likely N-dealkylation sites (tertiary alicyclic amines) is 1. The van der Waals surface area contributed by atoms with Crippen molar-refractivity contribution in [2.75, 3.05) is 19.6 Å². The van der Waals surface area contributed by atoms with Gasteiger partial charge in [-0.15, -0.1) is 0 Å². The normalized spacial score (nSPS) is 21.5. The zero-order valence-electron chi connectivity index (χ0n) is 9.67. The second kappa shape index (κ2) is 4.13. The molecule has 3 rings (SSSR count). The van der Waals surface area contributed by atoms with Gasteiger partial charge in [-0.3, -0.25) is 0 Å². The lowest BCUT2D eigenvalue weighted by molar-refractivity contribution is -0.0540. The third kappa shape index (κ3) is 1.85. The third-order valence-corrected chi connectivity index (χ3v) is 4.85. The molecule has 2 aliphatic heterocycles. The first-order valence-corrected chi connectivity index (χ1v) is 6.55. The number of carbonyl (C=O) groups is 1. The molecule has 0 radical (unpaired) electrons. The molecule has 0 atom stereocenters. The Balaban J connectivity index is 1.62. The lowest BCUT2D eigenvalue weighted by Crippen LogP contribution is -2.75. The highest BCUT2D eigenvalue weighted by Crippen LogP contribution is 2.45. The fourth-order valence-electron chi connectivity index (χ4n) is 2.40. The number of amides is 1. The van der Waals surface area contributed by atoms with Crippen LogP contribution in [-0.4, -0.2) is 45.6 Å². The molecule has 0 aliphatic carbocycles. The van der Waals surface area contributed by atoms with Crippen LogP contribution in [0.25, 0.3) is 0 Å². The van der Waals surface area contributed by atoms with Crippen LogP contribution in [0.2, 0.25) is 0 Å². The summed E-state index contributed by atoms with van der Waals surface area (Å²) in [5, 5.41) is 8.85. The van der Waals surface area contributed by atoms with Crippen LogP contribution in [0.4, 0.5) is 9.18 Å². The molecule has 1 aromatic carbocycles. The van der Waals surface area contributed by atoms with Gasteiger partial charge in [0, 0.05) is 24.5 Å². The van der Waals surface area contributed by atoms with E-state index in [-0.39, 0.29) is 11.4 Å². The Morgan fingerprint density at radius 3 is 2.50 bits per heavy atom. The summed E-state index contributed by atoms with van der Waals surface area (Å²) in [6.07, 6.45) is 0.185. The lowest BCUT2D eigenvalue weighted by atomic mass is 9.80. The van der Waals surface area contributed by atoms with Crippen molar-refractivity contribution in [1.82, 2.24) is 9.21 Å². The molecule has 1 amide bonds. The van der Waals surface area contributed by atoms with Crippen molar-refractivity contribution in [1.29, 1.82) is 0 Å². The molecule has 1 aromatic rings. The zero-order valence-corrected chi connectivity index (χ0v) is 10.5. The van der Waals surface area contributed by atoms with Crippen molar-refractivity contribution in [3.8, 4) is 0 Å². The topological polar surface area (TPSA) is 43.8 Å². The van der Waals surface area contributed by atoms with Gasteiger partial charge >= 0.3 is 6.09 Å². The minimum absolute atomic E-state index is 0.0114. The number of nitrogens with zero attached hydrogens (tertiary/aromatic N) is 2. The van der Waals surface area contributed by atoms with Gasteiger partial charge in [0.05, 0.1) is 5.54 Å². The van der Waals surface area contributed by atoms with Crippen molar-refractivity contribution in [3.05, 3.63) is 30.1 Å². The van der Waals surface area contributed by atoms with Crippen molar-refractivity contribution >= 4 is 18.0 Å². The summed E-state index contributed by atoms with van der Waals surface area (Å²) in [4.78, 5) is 13.2. The van der Waals surface area contributed by atoms with Gasteiger partial charge in [0.15, 0.2) is 0 Å². The fourth-order valence-corrected chi connectivity index (χ4v) is 3.50. The lowest BCUT2D eigenvalue weighted by Gasteiger charge is -2.60. The second-order valence-corrected chi connectivity index (χ2v) is 5.86. The molecule has 18 heavy (non-hydrogen) atoms. The van der Waals surface area contributed by atoms with Crippen LogP contribution in [0, 0.1) is 5.82 Å². The highest BCUT2D eigenvalue weighted by atomic mass is 32.2. The van der Waals surface area contributed by atoms with Gasteiger partial charge < -0.3 is 10.0 Å². The van der Waals surface area contributed by atoms with Crippen LogP contribution < -0.4 is 0 Å². The maximum atomic E-state index is 12.8. The van der Waals surface area contributed by atoms with Gasteiger partial charge in [0.2, 0.25) is 0 Å². The van der Waals surface area contributed by atoms with Crippen LogP contribution in [0.15, 0.2) is 29.2 Å². The summed E-state index contributed by atoms with van der Waals surface area (Å²) in [6.45, 7) is 2.11. The van der Waals surface area contributed by atoms with E-state index in [1.807, 2.05) is 0 Å². The number of carboxylic acid groups (broad SMARTS) is 1. The predicted octanol–water partition coefficient (Wildman–Crippen LogP) is 2.27. The van der Waals surface area contributed by atoms with Crippen molar-refractivity contribution in [2.45, 2.75) is 16.9 Å². The molecule has 0 aromatic heterocycles. The van der Waals surface area contributed by atoms with Gasteiger partial charge in [0.1, 0.15) is 5.82 Å². The summed E-state index contributed by atoms with van der Waals surface area (Å²) < 4.78 is 15.0. The van der Waals surface area contributed by atoms with E-state index in [0.717, 1.165) is 17.9 Å². The zero-order chi connectivity index (χ0) is 12.8. The average molecular weight is 268 g/mol. The van der Waals surface area contributed by atoms with Crippen LogP contribution in [0.1, 0.15) is 6.42 Å². The molecular formula is C12H13FN2O2S. The quantitative estimate of drug-likeness (QED) is 0.836. The van der Waals surface area contributed by atoms with Crippen LogP contribution in [0.5, 0.6) is 0 Å². The largest absolute Gasteiger partial charge is 0.465 e. The molecule has 1 spiro atoms.